The van der Waals surface area contributed by atoms with Crippen LogP contribution >= 0.6 is 23.4 Å². The number of carbonyl (C=O) groups is 2. The summed E-state index contributed by atoms with van der Waals surface area (Å²) in [6, 6.07) is 5.40. The molecule has 0 aromatic heterocycles. The van der Waals surface area contributed by atoms with E-state index < -0.39 is 5.37 Å². The Labute approximate surface area is 102 Å². The van der Waals surface area contributed by atoms with Crippen LogP contribution in [0.5, 0.6) is 0 Å². The molecule has 1 fully saturated rings. The zero-order valence-electron chi connectivity index (χ0n) is 8.41. The van der Waals surface area contributed by atoms with Gasteiger partial charge in [-0.25, -0.2) is 0 Å². The Kier molecular flexibility index (Phi) is 3.07. The second-order valence-corrected chi connectivity index (χ2v) is 4.87. The molecule has 4 nitrogen and oxygen atoms in total. The summed E-state index contributed by atoms with van der Waals surface area (Å²) >= 11 is 6.87. The van der Waals surface area contributed by atoms with Crippen molar-refractivity contribution >= 4 is 40.2 Å². The number of aryl methyl sites for hydroxylation is 1. The molecule has 1 aromatic carbocycles. The maximum absolute atomic E-state index is 11.3. The Morgan fingerprint density at radius 1 is 1.44 bits per heavy atom. The average molecular weight is 257 g/mol. The van der Waals surface area contributed by atoms with E-state index in [4.69, 9.17) is 11.6 Å². The molecule has 1 saturated heterocycles. The first kappa shape index (κ1) is 11.3. The highest BCUT2D eigenvalue weighted by atomic mass is 35.5. The SMILES string of the molecule is Cc1ccc(N[C@@H]2SC(=O)NC2=O)cc1Cl. The molecule has 2 amide bonds. The molecular weight excluding hydrogens is 248 g/mol. The highest BCUT2D eigenvalue weighted by Crippen LogP contribution is 2.24. The average Bonchev–Trinajstić information content (AvgIpc) is 2.51. The fraction of sp³-hybridized carbons (Fsp3) is 0.200. The van der Waals surface area contributed by atoms with Gasteiger partial charge < -0.3 is 5.32 Å². The van der Waals surface area contributed by atoms with Crippen molar-refractivity contribution in [2.75, 3.05) is 5.32 Å². The first-order chi connectivity index (χ1) is 7.56. The topological polar surface area (TPSA) is 58.2 Å². The molecule has 84 valence electrons. The van der Waals surface area contributed by atoms with Gasteiger partial charge in [-0.15, -0.1) is 0 Å². The fourth-order valence-corrected chi connectivity index (χ4v) is 2.20. The Balaban J connectivity index is 2.12. The van der Waals surface area contributed by atoms with Crippen LogP contribution < -0.4 is 10.6 Å². The number of rotatable bonds is 2. The second-order valence-electron chi connectivity index (χ2n) is 3.38. The molecule has 2 rings (SSSR count). The van der Waals surface area contributed by atoms with Gasteiger partial charge in [-0.2, -0.15) is 0 Å². The van der Waals surface area contributed by atoms with Crippen LogP contribution in [-0.4, -0.2) is 16.5 Å². The van der Waals surface area contributed by atoms with Crippen LogP contribution in [0.2, 0.25) is 5.02 Å². The van der Waals surface area contributed by atoms with E-state index in [0.29, 0.717) is 5.02 Å². The zero-order valence-corrected chi connectivity index (χ0v) is 9.98. The van der Waals surface area contributed by atoms with Crippen molar-refractivity contribution in [1.82, 2.24) is 5.32 Å². The molecule has 0 aliphatic carbocycles. The zero-order chi connectivity index (χ0) is 11.7. The molecule has 6 heteroatoms. The number of thioether (sulfide) groups is 1. The maximum Gasteiger partial charge on any atom is 0.288 e. The summed E-state index contributed by atoms with van der Waals surface area (Å²) in [5.74, 6) is -0.327. The third kappa shape index (κ3) is 2.31. The lowest BCUT2D eigenvalue weighted by Gasteiger charge is -2.10. The van der Waals surface area contributed by atoms with Gasteiger partial charge in [0, 0.05) is 10.7 Å². The quantitative estimate of drug-likeness (QED) is 0.853. The molecule has 0 radical (unpaired) electrons. The Morgan fingerprint density at radius 2 is 2.19 bits per heavy atom. The van der Waals surface area contributed by atoms with Gasteiger partial charge in [0.15, 0.2) is 5.37 Å². The van der Waals surface area contributed by atoms with Gasteiger partial charge in [-0.05, 0) is 36.4 Å². The largest absolute Gasteiger partial charge is 0.365 e. The van der Waals surface area contributed by atoms with Crippen molar-refractivity contribution < 1.29 is 9.59 Å². The lowest BCUT2D eigenvalue weighted by Crippen LogP contribution is -2.29. The number of benzene rings is 1. The number of hydrogen-bond donors (Lipinski definition) is 2. The molecule has 0 unspecified atom stereocenters. The number of nitrogens with one attached hydrogen (secondary N) is 2. The standard InChI is InChI=1S/C10H9ClN2O2S/c1-5-2-3-6(4-7(5)11)12-9-8(14)13-10(15)16-9/h2-4,9,12H,1H3,(H,13,14,15)/t9-/m1/s1. The summed E-state index contributed by atoms with van der Waals surface area (Å²) in [7, 11) is 0. The minimum Gasteiger partial charge on any atom is -0.365 e. The number of halogens is 1. The highest BCUT2D eigenvalue weighted by molar-refractivity contribution is 8.15. The first-order valence-corrected chi connectivity index (χ1v) is 5.86. The van der Waals surface area contributed by atoms with Gasteiger partial charge >= 0.3 is 0 Å². The lowest BCUT2D eigenvalue weighted by atomic mass is 10.2. The van der Waals surface area contributed by atoms with E-state index in [9.17, 15) is 9.59 Å². The van der Waals surface area contributed by atoms with Crippen LogP contribution in [0.25, 0.3) is 0 Å². The third-order valence-corrected chi connectivity index (χ3v) is 3.45. The number of amides is 2. The van der Waals surface area contributed by atoms with E-state index in [1.807, 2.05) is 19.1 Å². The molecular formula is C10H9ClN2O2S. The van der Waals surface area contributed by atoms with E-state index in [2.05, 4.69) is 10.6 Å². The van der Waals surface area contributed by atoms with Gasteiger partial charge in [0.25, 0.3) is 11.1 Å². The highest BCUT2D eigenvalue weighted by Gasteiger charge is 2.31. The molecule has 1 aromatic rings. The normalized spacial score (nSPS) is 19.8. The van der Waals surface area contributed by atoms with Crippen molar-refractivity contribution in [3.63, 3.8) is 0 Å². The Morgan fingerprint density at radius 3 is 2.75 bits per heavy atom. The summed E-state index contributed by atoms with van der Waals surface area (Å²) < 4.78 is 0. The number of imide groups is 1. The predicted molar refractivity (Wildman–Crippen MR) is 64.7 cm³/mol. The van der Waals surface area contributed by atoms with E-state index >= 15 is 0 Å². The summed E-state index contributed by atoms with van der Waals surface area (Å²) in [6.07, 6.45) is 0. The minimum absolute atomic E-state index is 0.327. The van der Waals surface area contributed by atoms with Crippen molar-refractivity contribution in [1.29, 1.82) is 0 Å². The summed E-state index contributed by atoms with van der Waals surface area (Å²) in [5, 5.41) is 4.85. The van der Waals surface area contributed by atoms with Crippen LogP contribution in [0.1, 0.15) is 5.56 Å². The Hall–Kier alpha value is -1.20. The van der Waals surface area contributed by atoms with Crippen LogP contribution in [0.3, 0.4) is 0 Å². The van der Waals surface area contributed by atoms with Gasteiger partial charge in [-0.1, -0.05) is 17.7 Å². The van der Waals surface area contributed by atoms with Crippen LogP contribution in [0, 0.1) is 6.92 Å². The number of hydrogen-bond acceptors (Lipinski definition) is 4. The summed E-state index contributed by atoms with van der Waals surface area (Å²) in [6.45, 7) is 1.90. The number of carbonyl (C=O) groups excluding carboxylic acids is 2. The fourth-order valence-electron chi connectivity index (χ4n) is 1.29. The van der Waals surface area contributed by atoms with Gasteiger partial charge in [-0.3, -0.25) is 14.9 Å². The molecule has 16 heavy (non-hydrogen) atoms. The monoisotopic (exact) mass is 256 g/mol. The third-order valence-electron chi connectivity index (χ3n) is 2.16. The summed E-state index contributed by atoms with van der Waals surface area (Å²) in [5.41, 5.74) is 1.68. The van der Waals surface area contributed by atoms with E-state index in [0.717, 1.165) is 23.0 Å². The van der Waals surface area contributed by atoms with Gasteiger partial charge in [0.1, 0.15) is 0 Å². The molecule has 0 saturated carbocycles. The van der Waals surface area contributed by atoms with Crippen molar-refractivity contribution in [2.24, 2.45) is 0 Å². The van der Waals surface area contributed by atoms with Crippen molar-refractivity contribution in [3.8, 4) is 0 Å². The van der Waals surface area contributed by atoms with Crippen LogP contribution in [0.4, 0.5) is 10.5 Å². The number of anilines is 1. The van der Waals surface area contributed by atoms with E-state index in [1.54, 1.807) is 6.07 Å². The molecule has 1 aliphatic rings. The van der Waals surface area contributed by atoms with Gasteiger partial charge in [0.05, 0.1) is 0 Å². The molecule has 1 aliphatic heterocycles. The second kappa shape index (κ2) is 4.35. The van der Waals surface area contributed by atoms with Crippen molar-refractivity contribution in [2.45, 2.75) is 12.3 Å². The molecule has 0 bridgehead atoms. The Bertz CT molecular complexity index is 464. The minimum atomic E-state index is -0.578. The summed E-state index contributed by atoms with van der Waals surface area (Å²) in [4.78, 5) is 22.2. The smallest absolute Gasteiger partial charge is 0.288 e. The van der Waals surface area contributed by atoms with Crippen LogP contribution in [-0.2, 0) is 4.79 Å². The molecule has 2 N–H and O–H groups in total. The van der Waals surface area contributed by atoms with E-state index in [-0.39, 0.29) is 11.1 Å². The van der Waals surface area contributed by atoms with Crippen molar-refractivity contribution in [3.05, 3.63) is 28.8 Å². The van der Waals surface area contributed by atoms with Gasteiger partial charge in [0.2, 0.25) is 0 Å². The molecule has 1 heterocycles. The molecule has 1 atom stereocenters. The van der Waals surface area contributed by atoms with Crippen LogP contribution in [0.15, 0.2) is 18.2 Å². The first-order valence-electron chi connectivity index (χ1n) is 4.60. The van der Waals surface area contributed by atoms with E-state index in [1.165, 1.54) is 0 Å². The maximum atomic E-state index is 11.3. The lowest BCUT2D eigenvalue weighted by molar-refractivity contribution is -0.118. The molecule has 0 spiro atoms. The predicted octanol–water partition coefficient (Wildman–Crippen LogP) is 2.37.